The Labute approximate surface area is 171 Å². The van der Waals surface area contributed by atoms with Gasteiger partial charge >= 0.3 is 5.97 Å². The van der Waals surface area contributed by atoms with E-state index in [-0.39, 0.29) is 31.7 Å². The predicted molar refractivity (Wildman–Crippen MR) is 105 cm³/mol. The van der Waals surface area contributed by atoms with Crippen molar-refractivity contribution >= 4 is 29.3 Å². The Hall–Kier alpha value is -2.91. The molecule has 2 N–H and O–H groups in total. The van der Waals surface area contributed by atoms with E-state index in [0.717, 1.165) is 28.1 Å². The summed E-state index contributed by atoms with van der Waals surface area (Å²) in [5.74, 6) is 0.939. The van der Waals surface area contributed by atoms with E-state index in [0.29, 0.717) is 29.6 Å². The molecule has 0 spiro atoms. The second kappa shape index (κ2) is 7.84. The van der Waals surface area contributed by atoms with Crippen molar-refractivity contribution in [1.29, 1.82) is 0 Å². The Balaban J connectivity index is 1.43. The molecule has 0 aliphatic carbocycles. The number of halogens is 1. The quantitative estimate of drug-likeness (QED) is 0.630. The van der Waals surface area contributed by atoms with Gasteiger partial charge in [-0.25, -0.2) is 4.98 Å². The lowest BCUT2D eigenvalue weighted by Gasteiger charge is -2.21. The average molecular weight is 418 g/mol. The summed E-state index contributed by atoms with van der Waals surface area (Å²) in [5.41, 5.74) is 9.76. The van der Waals surface area contributed by atoms with Crippen LogP contribution >= 0.6 is 11.6 Å². The van der Waals surface area contributed by atoms with Crippen LogP contribution in [0.5, 0.6) is 5.75 Å². The molecule has 1 aromatic carbocycles. The second-order valence-corrected chi connectivity index (χ2v) is 7.20. The van der Waals surface area contributed by atoms with E-state index in [2.05, 4.69) is 15.1 Å². The zero-order valence-electron chi connectivity index (χ0n) is 16.1. The van der Waals surface area contributed by atoms with Crippen LogP contribution < -0.4 is 10.5 Å². The molecule has 0 saturated heterocycles. The molecule has 0 atom stereocenters. The highest BCUT2D eigenvalue weighted by molar-refractivity contribution is 6.30. The van der Waals surface area contributed by atoms with Gasteiger partial charge < -0.3 is 19.9 Å². The first-order valence-electron chi connectivity index (χ1n) is 9.08. The fraction of sp³-hybridized carbons (Fsp3) is 0.368. The minimum atomic E-state index is -0.331. The van der Waals surface area contributed by atoms with Gasteiger partial charge in [0.2, 0.25) is 5.95 Å². The normalized spacial score (nSPS) is 13.2. The molecule has 0 unspecified atom stereocenters. The summed E-state index contributed by atoms with van der Waals surface area (Å²) in [5, 5.41) is 4.68. The maximum atomic E-state index is 12.3. The molecule has 3 heterocycles. The number of rotatable bonds is 5. The molecule has 152 valence electrons. The molecule has 0 saturated carbocycles. The molecular weight excluding hydrogens is 398 g/mol. The van der Waals surface area contributed by atoms with Crippen LogP contribution in [0.15, 0.2) is 12.1 Å². The molecule has 1 aliphatic heterocycles. The lowest BCUT2D eigenvalue weighted by molar-refractivity contribution is -0.145. The Morgan fingerprint density at radius 1 is 1.34 bits per heavy atom. The SMILES string of the molecule is Cc1nc2nc(N)nn2c(C)c1CCC(=O)OCc1cc(Cl)cc2c1OCOC2. The highest BCUT2D eigenvalue weighted by Crippen LogP contribution is 2.32. The number of nitrogens with two attached hydrogens (primary N) is 1. The van der Waals surface area contributed by atoms with Gasteiger partial charge in [0.05, 0.1) is 6.61 Å². The van der Waals surface area contributed by atoms with Crippen LogP contribution in [0.25, 0.3) is 5.78 Å². The number of esters is 1. The van der Waals surface area contributed by atoms with E-state index in [1.165, 1.54) is 0 Å². The fourth-order valence-electron chi connectivity index (χ4n) is 3.41. The van der Waals surface area contributed by atoms with Crippen LogP contribution in [-0.2, 0) is 33.9 Å². The smallest absolute Gasteiger partial charge is 0.306 e. The van der Waals surface area contributed by atoms with Gasteiger partial charge in [-0.3, -0.25) is 4.79 Å². The van der Waals surface area contributed by atoms with Crippen molar-refractivity contribution in [2.24, 2.45) is 0 Å². The predicted octanol–water partition coefficient (Wildman–Crippen LogP) is 2.52. The summed E-state index contributed by atoms with van der Waals surface area (Å²) in [6.45, 7) is 4.43. The molecular formula is C19H20ClN5O4. The topological polar surface area (TPSA) is 114 Å². The Morgan fingerprint density at radius 2 is 2.17 bits per heavy atom. The first-order chi connectivity index (χ1) is 13.9. The Bertz CT molecular complexity index is 1100. The summed E-state index contributed by atoms with van der Waals surface area (Å²) < 4.78 is 17.8. The molecule has 4 rings (SSSR count). The molecule has 29 heavy (non-hydrogen) atoms. The molecule has 3 aromatic rings. The van der Waals surface area contributed by atoms with Crippen molar-refractivity contribution in [2.75, 3.05) is 12.5 Å². The average Bonchev–Trinajstić information content (AvgIpc) is 3.06. The minimum absolute atomic E-state index is 0.0799. The summed E-state index contributed by atoms with van der Waals surface area (Å²) >= 11 is 6.14. The van der Waals surface area contributed by atoms with E-state index >= 15 is 0 Å². The summed E-state index contributed by atoms with van der Waals surface area (Å²) in [7, 11) is 0. The molecule has 0 radical (unpaired) electrons. The lowest BCUT2D eigenvalue weighted by atomic mass is 10.1. The van der Waals surface area contributed by atoms with Gasteiger partial charge in [-0.05, 0) is 38.0 Å². The van der Waals surface area contributed by atoms with Crippen molar-refractivity contribution in [3.63, 3.8) is 0 Å². The molecule has 2 aromatic heterocycles. The van der Waals surface area contributed by atoms with Crippen LogP contribution in [0.4, 0.5) is 5.95 Å². The zero-order chi connectivity index (χ0) is 20.5. The number of nitrogen functional groups attached to an aromatic ring is 1. The van der Waals surface area contributed by atoms with Crippen molar-refractivity contribution in [1.82, 2.24) is 19.6 Å². The molecule has 0 fully saturated rings. The number of hydrogen-bond acceptors (Lipinski definition) is 8. The van der Waals surface area contributed by atoms with Crippen molar-refractivity contribution in [2.45, 2.75) is 39.9 Å². The number of benzene rings is 1. The van der Waals surface area contributed by atoms with Gasteiger partial charge in [0.25, 0.3) is 5.78 Å². The summed E-state index contributed by atoms with van der Waals surface area (Å²) in [6, 6.07) is 3.52. The molecule has 0 amide bonds. The zero-order valence-corrected chi connectivity index (χ0v) is 16.8. The number of nitrogens with zero attached hydrogens (tertiary/aromatic N) is 4. The van der Waals surface area contributed by atoms with Crippen LogP contribution in [0, 0.1) is 13.8 Å². The summed E-state index contributed by atoms with van der Waals surface area (Å²) in [4.78, 5) is 20.8. The van der Waals surface area contributed by atoms with Gasteiger partial charge in [0.15, 0.2) is 6.79 Å². The highest BCUT2D eigenvalue weighted by Gasteiger charge is 2.18. The van der Waals surface area contributed by atoms with E-state index in [1.54, 1.807) is 16.6 Å². The van der Waals surface area contributed by atoms with Crippen LogP contribution in [0.1, 0.15) is 34.5 Å². The number of carbonyl (C=O) groups is 1. The Kier molecular flexibility index (Phi) is 5.25. The summed E-state index contributed by atoms with van der Waals surface area (Å²) in [6.07, 6.45) is 0.670. The second-order valence-electron chi connectivity index (χ2n) is 6.77. The third-order valence-electron chi connectivity index (χ3n) is 4.78. The van der Waals surface area contributed by atoms with E-state index in [4.69, 9.17) is 31.5 Å². The fourth-order valence-corrected chi connectivity index (χ4v) is 3.67. The van der Waals surface area contributed by atoms with Crippen molar-refractivity contribution in [3.8, 4) is 5.75 Å². The Morgan fingerprint density at radius 3 is 3.00 bits per heavy atom. The first-order valence-corrected chi connectivity index (χ1v) is 9.46. The number of carbonyl (C=O) groups excluding carboxylic acids is 1. The molecule has 9 nitrogen and oxygen atoms in total. The number of aromatic nitrogens is 4. The maximum Gasteiger partial charge on any atom is 0.306 e. The first kappa shape index (κ1) is 19.4. The largest absolute Gasteiger partial charge is 0.467 e. The van der Waals surface area contributed by atoms with Gasteiger partial charge in [0, 0.05) is 34.0 Å². The number of anilines is 1. The van der Waals surface area contributed by atoms with E-state index in [1.807, 2.05) is 13.8 Å². The lowest BCUT2D eigenvalue weighted by Crippen LogP contribution is -2.15. The molecule has 0 bridgehead atoms. The van der Waals surface area contributed by atoms with E-state index < -0.39 is 0 Å². The highest BCUT2D eigenvalue weighted by atomic mass is 35.5. The van der Waals surface area contributed by atoms with Crippen molar-refractivity contribution < 1.29 is 19.0 Å². The van der Waals surface area contributed by atoms with Crippen molar-refractivity contribution in [3.05, 3.63) is 45.2 Å². The van der Waals surface area contributed by atoms with Crippen LogP contribution in [0.2, 0.25) is 5.02 Å². The monoisotopic (exact) mass is 417 g/mol. The van der Waals surface area contributed by atoms with Gasteiger partial charge in [0.1, 0.15) is 12.4 Å². The number of ether oxygens (including phenoxy) is 3. The number of fused-ring (bicyclic) bond motifs is 2. The maximum absolute atomic E-state index is 12.3. The third-order valence-corrected chi connectivity index (χ3v) is 5.00. The van der Waals surface area contributed by atoms with Gasteiger partial charge in [-0.15, -0.1) is 5.10 Å². The van der Waals surface area contributed by atoms with Gasteiger partial charge in [-0.2, -0.15) is 9.50 Å². The van der Waals surface area contributed by atoms with Crippen LogP contribution in [0.3, 0.4) is 0 Å². The molecule has 10 heteroatoms. The molecule has 1 aliphatic rings. The standard InChI is InChI=1S/C19H20ClN5O4/c1-10-15(11(2)25-19(22-10)23-18(21)24-25)3-4-16(26)28-8-13-6-14(20)5-12-7-27-9-29-17(12)13/h5-6H,3-4,7-9H2,1-2H3,(H2,21,24). The van der Waals surface area contributed by atoms with E-state index in [9.17, 15) is 4.79 Å². The van der Waals surface area contributed by atoms with Gasteiger partial charge in [-0.1, -0.05) is 11.6 Å². The minimum Gasteiger partial charge on any atom is -0.467 e. The van der Waals surface area contributed by atoms with Crippen LogP contribution in [-0.4, -0.2) is 32.3 Å². The third kappa shape index (κ3) is 3.96. The number of aryl methyl sites for hydroxylation is 2. The number of hydrogen-bond donors (Lipinski definition) is 1.